The first-order valence-electron chi connectivity index (χ1n) is 4.69. The third kappa shape index (κ3) is 3.01. The van der Waals surface area contributed by atoms with Gasteiger partial charge in [0, 0.05) is 12.5 Å². The summed E-state index contributed by atoms with van der Waals surface area (Å²) in [6.45, 7) is 3.23. The maximum absolute atomic E-state index is 13.1. The molecule has 1 rings (SSSR count). The zero-order valence-corrected chi connectivity index (χ0v) is 8.59. The summed E-state index contributed by atoms with van der Waals surface area (Å²) in [5.74, 6) is -1.70. The Hall–Kier alpha value is -1.45. The van der Waals surface area contributed by atoms with Crippen LogP contribution in [0, 0.1) is 11.6 Å². The number of carbonyl (C=O) groups excluding carboxylic acids is 1. The first kappa shape index (κ1) is 11.6. The van der Waals surface area contributed by atoms with Crippen molar-refractivity contribution in [2.45, 2.75) is 26.4 Å². The molecule has 0 radical (unpaired) electrons. The zero-order valence-electron chi connectivity index (χ0n) is 8.59. The fourth-order valence-corrected chi connectivity index (χ4v) is 1.11. The molecule has 0 N–H and O–H groups in total. The SMILES string of the molecule is CCC(=O)C(C)Oc1ccc(F)cc1F. The zero-order chi connectivity index (χ0) is 11.4. The molecule has 1 atom stereocenters. The molecular weight excluding hydrogens is 202 g/mol. The van der Waals surface area contributed by atoms with Crippen molar-refractivity contribution in [3.05, 3.63) is 29.8 Å². The molecule has 0 amide bonds. The van der Waals surface area contributed by atoms with Crippen molar-refractivity contribution >= 4 is 5.78 Å². The van der Waals surface area contributed by atoms with Gasteiger partial charge >= 0.3 is 0 Å². The Balaban J connectivity index is 2.76. The minimum atomic E-state index is -0.800. The summed E-state index contributed by atoms with van der Waals surface area (Å²) in [4.78, 5) is 11.2. The highest BCUT2D eigenvalue weighted by atomic mass is 19.1. The standard InChI is InChI=1S/C11H12F2O2/c1-3-10(14)7(2)15-11-5-4-8(12)6-9(11)13/h4-7H,3H2,1-2H3. The molecule has 0 spiro atoms. The van der Waals surface area contributed by atoms with E-state index in [9.17, 15) is 13.6 Å². The van der Waals surface area contributed by atoms with Gasteiger partial charge in [-0.05, 0) is 19.1 Å². The highest BCUT2D eigenvalue weighted by Gasteiger charge is 2.14. The van der Waals surface area contributed by atoms with Crippen LogP contribution in [0.3, 0.4) is 0 Å². The van der Waals surface area contributed by atoms with Crippen LogP contribution in [-0.4, -0.2) is 11.9 Å². The lowest BCUT2D eigenvalue weighted by molar-refractivity contribution is -0.124. The van der Waals surface area contributed by atoms with Crippen LogP contribution >= 0.6 is 0 Å². The molecule has 0 aliphatic rings. The predicted molar refractivity (Wildman–Crippen MR) is 51.7 cm³/mol. The molecule has 1 aromatic carbocycles. The van der Waals surface area contributed by atoms with E-state index in [2.05, 4.69) is 0 Å². The van der Waals surface area contributed by atoms with E-state index in [-0.39, 0.29) is 11.5 Å². The lowest BCUT2D eigenvalue weighted by Crippen LogP contribution is -2.23. The molecule has 0 aliphatic heterocycles. The smallest absolute Gasteiger partial charge is 0.172 e. The first-order valence-corrected chi connectivity index (χ1v) is 4.69. The monoisotopic (exact) mass is 214 g/mol. The summed E-state index contributed by atoms with van der Waals surface area (Å²) in [7, 11) is 0. The Morgan fingerprint density at radius 1 is 1.47 bits per heavy atom. The molecule has 0 heterocycles. The largest absolute Gasteiger partial charge is 0.480 e. The van der Waals surface area contributed by atoms with E-state index in [0.29, 0.717) is 6.42 Å². The number of carbonyl (C=O) groups is 1. The van der Waals surface area contributed by atoms with Gasteiger partial charge in [-0.2, -0.15) is 0 Å². The molecule has 4 heteroatoms. The lowest BCUT2D eigenvalue weighted by Gasteiger charge is -2.13. The van der Waals surface area contributed by atoms with Gasteiger partial charge in [0.25, 0.3) is 0 Å². The number of rotatable bonds is 4. The summed E-state index contributed by atoms with van der Waals surface area (Å²) in [5.41, 5.74) is 0. The summed E-state index contributed by atoms with van der Waals surface area (Å²) >= 11 is 0. The number of Topliss-reactive ketones (excluding diaryl/α,β-unsaturated/α-hetero) is 1. The molecule has 2 nitrogen and oxygen atoms in total. The number of ketones is 1. The summed E-state index contributed by atoms with van der Waals surface area (Å²) in [5, 5.41) is 0. The quantitative estimate of drug-likeness (QED) is 0.770. The molecule has 82 valence electrons. The van der Waals surface area contributed by atoms with Gasteiger partial charge in [-0.25, -0.2) is 8.78 Å². The minimum absolute atomic E-state index is 0.106. The van der Waals surface area contributed by atoms with Crippen molar-refractivity contribution in [2.75, 3.05) is 0 Å². The van der Waals surface area contributed by atoms with E-state index in [1.807, 2.05) is 0 Å². The Kier molecular flexibility index (Phi) is 3.77. The number of benzene rings is 1. The van der Waals surface area contributed by atoms with Crippen molar-refractivity contribution in [1.29, 1.82) is 0 Å². The third-order valence-corrected chi connectivity index (χ3v) is 2.00. The average Bonchev–Trinajstić information content (AvgIpc) is 2.20. The third-order valence-electron chi connectivity index (χ3n) is 2.00. The molecule has 0 aromatic heterocycles. The topological polar surface area (TPSA) is 26.3 Å². The van der Waals surface area contributed by atoms with E-state index in [1.165, 1.54) is 13.0 Å². The van der Waals surface area contributed by atoms with Crippen molar-refractivity contribution in [2.24, 2.45) is 0 Å². The van der Waals surface area contributed by atoms with Gasteiger partial charge in [-0.1, -0.05) is 6.92 Å². The molecular formula is C11H12F2O2. The fraction of sp³-hybridized carbons (Fsp3) is 0.364. The molecule has 0 saturated carbocycles. The van der Waals surface area contributed by atoms with Gasteiger partial charge in [0.15, 0.2) is 23.5 Å². The summed E-state index contributed by atoms with van der Waals surface area (Å²) in [6.07, 6.45) is -0.390. The Morgan fingerprint density at radius 2 is 2.13 bits per heavy atom. The van der Waals surface area contributed by atoms with E-state index < -0.39 is 17.7 Å². The van der Waals surface area contributed by atoms with Crippen molar-refractivity contribution < 1.29 is 18.3 Å². The Labute approximate surface area is 86.9 Å². The van der Waals surface area contributed by atoms with Crippen molar-refractivity contribution in [1.82, 2.24) is 0 Å². The van der Waals surface area contributed by atoms with Gasteiger partial charge < -0.3 is 4.74 Å². The van der Waals surface area contributed by atoms with Crippen LogP contribution in [0.2, 0.25) is 0 Å². The molecule has 1 unspecified atom stereocenters. The second kappa shape index (κ2) is 4.87. The van der Waals surface area contributed by atoms with Gasteiger partial charge in [0.2, 0.25) is 0 Å². The van der Waals surface area contributed by atoms with Gasteiger partial charge in [0.1, 0.15) is 5.82 Å². The van der Waals surface area contributed by atoms with Crippen molar-refractivity contribution in [3.63, 3.8) is 0 Å². The lowest BCUT2D eigenvalue weighted by atomic mass is 10.2. The number of ether oxygens (including phenoxy) is 1. The Bertz CT molecular complexity index is 364. The number of hydrogen-bond acceptors (Lipinski definition) is 2. The fourth-order valence-electron chi connectivity index (χ4n) is 1.11. The predicted octanol–water partition coefficient (Wildman–Crippen LogP) is 2.71. The maximum Gasteiger partial charge on any atom is 0.172 e. The van der Waals surface area contributed by atoms with E-state index >= 15 is 0 Å². The van der Waals surface area contributed by atoms with Crippen LogP contribution in [0.4, 0.5) is 8.78 Å². The van der Waals surface area contributed by atoms with E-state index in [0.717, 1.165) is 12.1 Å². The highest BCUT2D eigenvalue weighted by molar-refractivity contribution is 5.82. The highest BCUT2D eigenvalue weighted by Crippen LogP contribution is 2.19. The van der Waals surface area contributed by atoms with Gasteiger partial charge in [-0.3, -0.25) is 4.79 Å². The van der Waals surface area contributed by atoms with Crippen LogP contribution in [0.15, 0.2) is 18.2 Å². The average molecular weight is 214 g/mol. The first-order chi connectivity index (χ1) is 7.04. The Morgan fingerprint density at radius 3 is 2.67 bits per heavy atom. The summed E-state index contributed by atoms with van der Waals surface area (Å²) in [6, 6.07) is 2.98. The van der Waals surface area contributed by atoms with Crippen LogP contribution in [0.25, 0.3) is 0 Å². The second-order valence-corrected chi connectivity index (χ2v) is 3.15. The van der Waals surface area contributed by atoms with E-state index in [4.69, 9.17) is 4.74 Å². The number of hydrogen-bond donors (Lipinski definition) is 0. The molecule has 1 aromatic rings. The van der Waals surface area contributed by atoms with Crippen LogP contribution in [0.1, 0.15) is 20.3 Å². The number of halogens is 2. The maximum atomic E-state index is 13.1. The molecule has 0 fully saturated rings. The van der Waals surface area contributed by atoms with Gasteiger partial charge in [0.05, 0.1) is 0 Å². The van der Waals surface area contributed by atoms with Crippen LogP contribution < -0.4 is 4.74 Å². The molecule has 0 bridgehead atoms. The van der Waals surface area contributed by atoms with Crippen molar-refractivity contribution in [3.8, 4) is 5.75 Å². The van der Waals surface area contributed by atoms with E-state index in [1.54, 1.807) is 6.92 Å². The molecule has 0 saturated heterocycles. The minimum Gasteiger partial charge on any atom is -0.480 e. The van der Waals surface area contributed by atoms with Gasteiger partial charge in [-0.15, -0.1) is 0 Å². The second-order valence-electron chi connectivity index (χ2n) is 3.15. The van der Waals surface area contributed by atoms with Crippen LogP contribution in [-0.2, 0) is 4.79 Å². The van der Waals surface area contributed by atoms with Crippen LogP contribution in [0.5, 0.6) is 5.75 Å². The normalized spacial score (nSPS) is 12.3. The molecule has 15 heavy (non-hydrogen) atoms. The molecule has 0 aliphatic carbocycles. The summed E-state index contributed by atoms with van der Waals surface area (Å²) < 4.78 is 30.7.